The van der Waals surface area contributed by atoms with Crippen LogP contribution in [0, 0.1) is 0 Å². The summed E-state index contributed by atoms with van der Waals surface area (Å²) in [5.41, 5.74) is 1.04. The van der Waals surface area contributed by atoms with Crippen molar-refractivity contribution in [2.75, 3.05) is 5.88 Å². The molecule has 0 fully saturated rings. The van der Waals surface area contributed by atoms with Crippen molar-refractivity contribution in [3.63, 3.8) is 0 Å². The molecule has 2 heteroatoms. The summed E-state index contributed by atoms with van der Waals surface area (Å²) < 4.78 is 0.350. The molecule has 0 unspecified atom stereocenters. The van der Waals surface area contributed by atoms with Crippen molar-refractivity contribution in [3.8, 4) is 0 Å². The molecule has 0 bridgehead atoms. The molecule has 0 saturated carbocycles. The van der Waals surface area contributed by atoms with Gasteiger partial charge in [0.2, 0.25) is 0 Å². The van der Waals surface area contributed by atoms with Crippen LogP contribution in [0.5, 0.6) is 0 Å². The van der Waals surface area contributed by atoms with Gasteiger partial charge in [0.25, 0.3) is 0 Å². The summed E-state index contributed by atoms with van der Waals surface area (Å²) in [4.78, 5) is 0. The van der Waals surface area contributed by atoms with Gasteiger partial charge in [-0.25, -0.2) is 0 Å². The lowest BCUT2D eigenvalue weighted by Gasteiger charge is -2.17. The van der Waals surface area contributed by atoms with E-state index in [1.807, 2.05) is 18.7 Å². The molecule has 0 atom stereocenters. The Kier molecular flexibility index (Phi) is 3.87. The fourth-order valence-electron chi connectivity index (χ4n) is 0.376. The maximum absolute atomic E-state index is 3.75. The molecule has 0 heterocycles. The van der Waals surface area contributed by atoms with E-state index >= 15 is 0 Å². The summed E-state index contributed by atoms with van der Waals surface area (Å²) in [5, 5.41) is 3.17. The molecule has 0 aromatic carbocycles. The lowest BCUT2D eigenvalue weighted by molar-refractivity contribution is 0.796. The Bertz CT molecular complexity index is 113. The van der Waals surface area contributed by atoms with Crippen LogP contribution in [-0.2, 0) is 0 Å². The van der Waals surface area contributed by atoms with E-state index < -0.39 is 0 Å². The Balaban J connectivity index is 3.29. The zero-order valence-corrected chi connectivity index (χ0v) is 8.14. The quantitative estimate of drug-likeness (QED) is 0.635. The third-order valence-corrected chi connectivity index (χ3v) is 2.03. The van der Waals surface area contributed by atoms with Gasteiger partial charge in [0, 0.05) is 10.4 Å². The van der Waals surface area contributed by atoms with Crippen LogP contribution in [0.2, 0.25) is 0 Å². The summed E-state index contributed by atoms with van der Waals surface area (Å²) in [6, 6.07) is 0. The van der Waals surface area contributed by atoms with Gasteiger partial charge in [-0.3, -0.25) is 0 Å². The molecule has 0 saturated heterocycles. The highest BCUT2D eigenvalue weighted by Gasteiger charge is 2.08. The Hall–Kier alpha value is -0.110. The van der Waals surface area contributed by atoms with Crippen LogP contribution in [-0.4, -0.2) is 10.6 Å². The monoisotopic (exact) mass is 159 g/mol. The molecule has 0 aliphatic heterocycles. The van der Waals surface area contributed by atoms with Crippen LogP contribution in [0.4, 0.5) is 0 Å². The smallest absolute Gasteiger partial charge is 0.0612 e. The van der Waals surface area contributed by atoms with Crippen molar-refractivity contribution in [2.24, 2.45) is 0 Å². The van der Waals surface area contributed by atoms with Crippen LogP contribution in [0.1, 0.15) is 27.7 Å². The lowest BCUT2D eigenvalue weighted by atomic mass is 10.3. The molecule has 10 heavy (non-hydrogen) atoms. The lowest BCUT2D eigenvalue weighted by Crippen LogP contribution is -2.16. The summed E-state index contributed by atoms with van der Waals surface area (Å²) in [6.45, 7) is 12.3. The first kappa shape index (κ1) is 9.89. The van der Waals surface area contributed by atoms with Gasteiger partial charge in [-0.1, -0.05) is 27.4 Å². The van der Waals surface area contributed by atoms with Crippen LogP contribution in [0.25, 0.3) is 0 Å². The average Bonchev–Trinajstić information content (AvgIpc) is 1.59. The van der Waals surface area contributed by atoms with Gasteiger partial charge in [-0.2, -0.15) is 0 Å². The third kappa shape index (κ3) is 7.89. The van der Waals surface area contributed by atoms with E-state index in [0.717, 1.165) is 11.6 Å². The predicted molar refractivity (Wildman–Crippen MR) is 50.2 cm³/mol. The molecule has 0 aromatic rings. The number of nitrogens with one attached hydrogen (secondary N) is 1. The van der Waals surface area contributed by atoms with E-state index in [1.54, 1.807) is 0 Å². The van der Waals surface area contributed by atoms with Crippen LogP contribution >= 0.6 is 11.8 Å². The topological polar surface area (TPSA) is 12.0 Å². The minimum Gasteiger partial charge on any atom is -0.380 e. The summed E-state index contributed by atoms with van der Waals surface area (Å²) in [6.07, 6.45) is 0. The summed E-state index contributed by atoms with van der Waals surface area (Å²) >= 11 is 1.89. The second-order valence-corrected chi connectivity index (χ2v) is 5.16. The molecule has 1 N–H and O–H groups in total. The van der Waals surface area contributed by atoms with Crippen molar-refractivity contribution in [2.45, 2.75) is 32.4 Å². The van der Waals surface area contributed by atoms with E-state index in [9.17, 15) is 0 Å². The van der Waals surface area contributed by atoms with Crippen molar-refractivity contribution in [3.05, 3.63) is 12.3 Å². The molecule has 0 spiro atoms. The van der Waals surface area contributed by atoms with Gasteiger partial charge in [0.15, 0.2) is 0 Å². The third-order valence-electron chi connectivity index (χ3n) is 0.879. The highest BCUT2D eigenvalue weighted by Crippen LogP contribution is 2.21. The summed E-state index contributed by atoms with van der Waals surface area (Å²) in [7, 11) is 0. The standard InChI is InChI=1S/C8H17NS/c1-7(2)9-6-10-8(3,4)5/h9H,1,6H2,2-5H3. The SMILES string of the molecule is C=C(C)NCSC(C)(C)C. The minimum atomic E-state index is 0.350. The van der Waals surface area contributed by atoms with Crippen molar-refractivity contribution >= 4 is 11.8 Å². The van der Waals surface area contributed by atoms with Crippen LogP contribution in [0.3, 0.4) is 0 Å². The van der Waals surface area contributed by atoms with Gasteiger partial charge < -0.3 is 5.32 Å². The van der Waals surface area contributed by atoms with Gasteiger partial charge in [-0.05, 0) is 6.92 Å². The van der Waals surface area contributed by atoms with Gasteiger partial charge >= 0.3 is 0 Å². The van der Waals surface area contributed by atoms with Gasteiger partial charge in [0.1, 0.15) is 0 Å². The molecular formula is C8H17NS. The first-order chi connectivity index (χ1) is 4.42. The fourth-order valence-corrected chi connectivity index (χ4v) is 1.13. The minimum absolute atomic E-state index is 0.350. The van der Waals surface area contributed by atoms with E-state index in [4.69, 9.17) is 0 Å². The average molecular weight is 159 g/mol. The van der Waals surface area contributed by atoms with Crippen LogP contribution < -0.4 is 5.32 Å². The van der Waals surface area contributed by atoms with Crippen LogP contribution in [0.15, 0.2) is 12.3 Å². The largest absolute Gasteiger partial charge is 0.380 e. The second kappa shape index (κ2) is 3.91. The molecular weight excluding hydrogens is 142 g/mol. The molecule has 1 nitrogen and oxygen atoms in total. The second-order valence-electron chi connectivity index (χ2n) is 3.36. The number of thioether (sulfide) groups is 1. The Morgan fingerprint density at radius 3 is 2.30 bits per heavy atom. The van der Waals surface area contributed by atoms with E-state index in [1.165, 1.54) is 0 Å². The Morgan fingerprint density at radius 1 is 1.50 bits per heavy atom. The maximum atomic E-state index is 3.75. The fraction of sp³-hybridized carbons (Fsp3) is 0.750. The van der Waals surface area contributed by atoms with Crippen molar-refractivity contribution in [1.29, 1.82) is 0 Å². The van der Waals surface area contributed by atoms with Crippen molar-refractivity contribution in [1.82, 2.24) is 5.32 Å². The first-order valence-electron chi connectivity index (χ1n) is 3.45. The normalized spacial score (nSPS) is 11.2. The molecule has 0 rings (SSSR count). The zero-order valence-electron chi connectivity index (χ0n) is 7.32. The number of allylic oxidation sites excluding steroid dienone is 1. The Labute approximate surface area is 68.3 Å². The van der Waals surface area contributed by atoms with Gasteiger partial charge in [-0.15, -0.1) is 11.8 Å². The van der Waals surface area contributed by atoms with Gasteiger partial charge in [0.05, 0.1) is 5.88 Å². The maximum Gasteiger partial charge on any atom is 0.0612 e. The molecule has 60 valence electrons. The number of hydrogen-bond acceptors (Lipinski definition) is 2. The molecule has 0 aliphatic carbocycles. The van der Waals surface area contributed by atoms with E-state index in [2.05, 4.69) is 32.7 Å². The molecule has 0 radical (unpaired) electrons. The van der Waals surface area contributed by atoms with E-state index in [0.29, 0.717) is 4.75 Å². The van der Waals surface area contributed by atoms with E-state index in [-0.39, 0.29) is 0 Å². The highest BCUT2D eigenvalue weighted by molar-refractivity contribution is 8.00. The highest BCUT2D eigenvalue weighted by atomic mass is 32.2. The zero-order chi connectivity index (χ0) is 8.20. The molecule has 0 aliphatic rings. The van der Waals surface area contributed by atoms with Crippen molar-refractivity contribution < 1.29 is 0 Å². The molecule has 0 aromatic heterocycles. The number of hydrogen-bond donors (Lipinski definition) is 1. The predicted octanol–water partition coefficient (Wildman–Crippen LogP) is 2.60. The molecule has 0 amide bonds. The first-order valence-corrected chi connectivity index (χ1v) is 4.44. The number of rotatable bonds is 3. The summed E-state index contributed by atoms with van der Waals surface area (Å²) in [5.74, 6) is 0.957. The Morgan fingerprint density at radius 2 is 2.00 bits per heavy atom.